The molecule has 26 heavy (non-hydrogen) atoms. The number of fused-ring (bicyclic) bond motifs is 1. The quantitative estimate of drug-likeness (QED) is 0.786. The van der Waals surface area contributed by atoms with Gasteiger partial charge in [-0.1, -0.05) is 25.1 Å². The predicted molar refractivity (Wildman–Crippen MR) is 101 cm³/mol. The topological polar surface area (TPSA) is 59.5 Å². The van der Waals surface area contributed by atoms with Crippen molar-refractivity contribution in [1.29, 1.82) is 0 Å². The van der Waals surface area contributed by atoms with Gasteiger partial charge >= 0.3 is 5.97 Å². The van der Waals surface area contributed by atoms with Crippen LogP contribution in [0.2, 0.25) is 0 Å². The van der Waals surface area contributed by atoms with Crippen LogP contribution in [0.15, 0.2) is 24.3 Å². The highest BCUT2D eigenvalue weighted by Gasteiger charge is 2.25. The Morgan fingerprint density at radius 3 is 2.77 bits per heavy atom. The van der Waals surface area contributed by atoms with Gasteiger partial charge in [-0.2, -0.15) is 0 Å². The van der Waals surface area contributed by atoms with Crippen LogP contribution < -0.4 is 0 Å². The van der Waals surface area contributed by atoms with Crippen molar-refractivity contribution < 1.29 is 14.3 Å². The number of carbonyl (C=O) groups excluding carboxylic acids is 2. The standard InChI is InChI=1S/C21H26N2O3/c1-4-17-15(3)20(16-10-5-6-11-18(16)22-17)21(25)26-13-19(24)23-12-8-7-9-14(23)2/h5-6,10-11,14H,4,7-9,12-13H2,1-3H3/t14-/m1/s1. The first kappa shape index (κ1) is 18.4. The van der Waals surface area contributed by atoms with Crippen LogP contribution in [0, 0.1) is 6.92 Å². The van der Waals surface area contributed by atoms with Crippen molar-refractivity contribution in [3.63, 3.8) is 0 Å². The van der Waals surface area contributed by atoms with Gasteiger partial charge in [-0.3, -0.25) is 9.78 Å². The van der Waals surface area contributed by atoms with Gasteiger partial charge in [0.05, 0.1) is 11.1 Å². The number of ether oxygens (including phenoxy) is 1. The molecule has 5 nitrogen and oxygen atoms in total. The van der Waals surface area contributed by atoms with Crippen LogP contribution in [-0.4, -0.2) is 41.0 Å². The highest BCUT2D eigenvalue weighted by Crippen LogP contribution is 2.24. The number of aromatic nitrogens is 1. The number of rotatable bonds is 4. The van der Waals surface area contributed by atoms with Crippen molar-refractivity contribution in [3.05, 3.63) is 41.1 Å². The number of para-hydroxylation sites is 1. The van der Waals surface area contributed by atoms with E-state index in [2.05, 4.69) is 4.98 Å². The first-order valence-electron chi connectivity index (χ1n) is 9.37. The number of carbonyl (C=O) groups is 2. The highest BCUT2D eigenvalue weighted by atomic mass is 16.5. The molecular weight excluding hydrogens is 328 g/mol. The number of benzene rings is 1. The molecule has 3 rings (SSSR count). The van der Waals surface area contributed by atoms with Gasteiger partial charge in [0.15, 0.2) is 6.61 Å². The molecule has 138 valence electrons. The second kappa shape index (κ2) is 7.85. The smallest absolute Gasteiger partial charge is 0.339 e. The summed E-state index contributed by atoms with van der Waals surface area (Å²) in [6, 6.07) is 7.77. The van der Waals surface area contributed by atoms with Gasteiger partial charge in [-0.25, -0.2) is 4.79 Å². The van der Waals surface area contributed by atoms with Crippen LogP contribution in [0.1, 0.15) is 54.7 Å². The largest absolute Gasteiger partial charge is 0.452 e. The van der Waals surface area contributed by atoms with Crippen molar-refractivity contribution in [2.75, 3.05) is 13.2 Å². The number of likely N-dealkylation sites (tertiary alicyclic amines) is 1. The van der Waals surface area contributed by atoms with E-state index in [0.29, 0.717) is 5.56 Å². The highest BCUT2D eigenvalue weighted by molar-refractivity contribution is 6.05. The van der Waals surface area contributed by atoms with Crippen molar-refractivity contribution in [1.82, 2.24) is 9.88 Å². The molecule has 2 heterocycles. The van der Waals surface area contributed by atoms with E-state index in [1.807, 2.05) is 49.9 Å². The molecule has 1 aromatic carbocycles. The summed E-state index contributed by atoms with van der Waals surface area (Å²) in [5, 5.41) is 0.769. The summed E-state index contributed by atoms with van der Waals surface area (Å²) in [5.41, 5.74) is 3.01. The Bertz CT molecular complexity index is 831. The molecule has 1 aromatic heterocycles. The number of esters is 1. The minimum atomic E-state index is -0.450. The van der Waals surface area contributed by atoms with Gasteiger partial charge < -0.3 is 9.64 Å². The Kier molecular flexibility index (Phi) is 5.55. The number of pyridine rings is 1. The lowest BCUT2D eigenvalue weighted by Gasteiger charge is -2.33. The molecule has 0 bridgehead atoms. The zero-order valence-electron chi connectivity index (χ0n) is 15.7. The monoisotopic (exact) mass is 354 g/mol. The molecule has 1 amide bonds. The number of amides is 1. The minimum absolute atomic E-state index is 0.114. The minimum Gasteiger partial charge on any atom is -0.452 e. The van der Waals surface area contributed by atoms with Crippen LogP contribution in [-0.2, 0) is 16.0 Å². The molecule has 1 atom stereocenters. The van der Waals surface area contributed by atoms with Gasteiger partial charge in [-0.15, -0.1) is 0 Å². The van der Waals surface area contributed by atoms with Crippen molar-refractivity contribution in [2.45, 2.75) is 52.5 Å². The SMILES string of the molecule is CCc1nc2ccccc2c(C(=O)OCC(=O)N2CCCC[C@H]2C)c1C. The van der Waals surface area contributed by atoms with Crippen molar-refractivity contribution in [3.8, 4) is 0 Å². The van der Waals surface area contributed by atoms with Crippen LogP contribution in [0.5, 0.6) is 0 Å². The number of hydrogen-bond donors (Lipinski definition) is 0. The zero-order valence-corrected chi connectivity index (χ0v) is 15.7. The fourth-order valence-electron chi connectivity index (χ4n) is 3.72. The zero-order chi connectivity index (χ0) is 18.7. The van der Waals surface area contributed by atoms with Crippen LogP contribution in [0.3, 0.4) is 0 Å². The summed E-state index contributed by atoms with van der Waals surface area (Å²) in [4.78, 5) is 31.7. The molecule has 0 unspecified atom stereocenters. The van der Waals surface area contributed by atoms with E-state index in [4.69, 9.17) is 4.74 Å². The number of piperidine rings is 1. The lowest BCUT2D eigenvalue weighted by atomic mass is 10.0. The molecule has 1 aliphatic heterocycles. The molecule has 0 radical (unpaired) electrons. The van der Waals surface area contributed by atoms with E-state index < -0.39 is 5.97 Å². The Balaban J connectivity index is 1.81. The lowest BCUT2D eigenvalue weighted by Crippen LogP contribution is -2.44. The normalized spacial score (nSPS) is 17.3. The van der Waals surface area contributed by atoms with Crippen molar-refractivity contribution >= 4 is 22.8 Å². The predicted octanol–water partition coefficient (Wildman–Crippen LogP) is 3.66. The molecule has 1 fully saturated rings. The summed E-state index contributed by atoms with van der Waals surface area (Å²) in [7, 11) is 0. The van der Waals surface area contributed by atoms with E-state index in [0.717, 1.165) is 54.4 Å². The third kappa shape index (κ3) is 3.57. The van der Waals surface area contributed by atoms with E-state index in [-0.39, 0.29) is 18.6 Å². The van der Waals surface area contributed by atoms with Gasteiger partial charge in [-0.05, 0) is 51.2 Å². The van der Waals surface area contributed by atoms with Crippen LogP contribution >= 0.6 is 0 Å². The molecule has 0 saturated carbocycles. The van der Waals surface area contributed by atoms with Gasteiger partial charge in [0, 0.05) is 23.7 Å². The Morgan fingerprint density at radius 2 is 2.04 bits per heavy atom. The third-order valence-electron chi connectivity index (χ3n) is 5.23. The molecule has 0 aliphatic carbocycles. The third-order valence-corrected chi connectivity index (χ3v) is 5.23. The molecule has 2 aromatic rings. The van der Waals surface area contributed by atoms with Gasteiger partial charge in [0.1, 0.15) is 0 Å². The summed E-state index contributed by atoms with van der Waals surface area (Å²) < 4.78 is 5.42. The Hall–Kier alpha value is -2.43. The van der Waals surface area contributed by atoms with Crippen molar-refractivity contribution in [2.24, 2.45) is 0 Å². The fourth-order valence-corrected chi connectivity index (χ4v) is 3.72. The maximum Gasteiger partial charge on any atom is 0.339 e. The number of nitrogens with zero attached hydrogens (tertiary/aromatic N) is 2. The van der Waals surface area contributed by atoms with Gasteiger partial charge in [0.2, 0.25) is 0 Å². The first-order chi connectivity index (χ1) is 12.5. The Morgan fingerprint density at radius 1 is 1.27 bits per heavy atom. The summed E-state index contributed by atoms with van der Waals surface area (Å²) >= 11 is 0. The number of aryl methyl sites for hydroxylation is 1. The maximum absolute atomic E-state index is 12.8. The van der Waals surface area contributed by atoms with E-state index >= 15 is 0 Å². The summed E-state index contributed by atoms with van der Waals surface area (Å²) in [5.74, 6) is -0.564. The van der Waals surface area contributed by atoms with E-state index in [9.17, 15) is 9.59 Å². The summed E-state index contributed by atoms with van der Waals surface area (Å²) in [6.45, 7) is 6.49. The fraction of sp³-hybridized carbons (Fsp3) is 0.476. The molecular formula is C21H26N2O3. The van der Waals surface area contributed by atoms with Gasteiger partial charge in [0.25, 0.3) is 5.91 Å². The molecule has 5 heteroatoms. The first-order valence-corrected chi connectivity index (χ1v) is 9.37. The average molecular weight is 354 g/mol. The average Bonchev–Trinajstić information content (AvgIpc) is 2.65. The van der Waals surface area contributed by atoms with E-state index in [1.54, 1.807) is 0 Å². The molecule has 1 saturated heterocycles. The lowest BCUT2D eigenvalue weighted by molar-refractivity contribution is -0.137. The second-order valence-corrected chi connectivity index (χ2v) is 6.94. The van der Waals surface area contributed by atoms with E-state index in [1.165, 1.54) is 0 Å². The van der Waals surface area contributed by atoms with Crippen LogP contribution in [0.4, 0.5) is 0 Å². The summed E-state index contributed by atoms with van der Waals surface area (Å²) in [6.07, 6.45) is 3.90. The molecule has 0 N–H and O–H groups in total. The second-order valence-electron chi connectivity index (χ2n) is 6.94. The van der Waals surface area contributed by atoms with Crippen LogP contribution in [0.25, 0.3) is 10.9 Å². The maximum atomic E-state index is 12.8. The number of hydrogen-bond acceptors (Lipinski definition) is 4. The molecule has 1 aliphatic rings. The molecule has 0 spiro atoms. The Labute approximate surface area is 154 Å².